The molecule has 8 heteroatoms. The van der Waals surface area contributed by atoms with Gasteiger partial charge in [0, 0.05) is 4.88 Å². The lowest BCUT2D eigenvalue weighted by molar-refractivity contribution is -0.141. The maximum absolute atomic E-state index is 12.9. The van der Waals surface area contributed by atoms with Crippen LogP contribution in [0.25, 0.3) is 0 Å². The number of thiophene rings is 1. The Hall–Kier alpha value is -2.64. The minimum Gasteiger partial charge on any atom is -0.469 e. The molecule has 3 aromatic rings. The van der Waals surface area contributed by atoms with Crippen LogP contribution in [-0.2, 0) is 16.1 Å². The minimum absolute atomic E-state index is 0.0393. The first-order valence-electron chi connectivity index (χ1n) is 8.67. The van der Waals surface area contributed by atoms with E-state index in [9.17, 15) is 9.59 Å². The number of methoxy groups -OCH3 is 1. The summed E-state index contributed by atoms with van der Waals surface area (Å²) in [6.45, 7) is 2.20. The Balaban J connectivity index is 1.82. The molecule has 0 spiro atoms. The van der Waals surface area contributed by atoms with Crippen LogP contribution in [0, 0.1) is 6.92 Å². The van der Waals surface area contributed by atoms with Crippen molar-refractivity contribution in [1.29, 1.82) is 0 Å². The van der Waals surface area contributed by atoms with Crippen LogP contribution in [0.1, 0.15) is 39.0 Å². The number of ether oxygens (including phenoxy) is 1. The molecule has 2 heterocycles. The molecule has 0 aliphatic rings. The fourth-order valence-corrected chi connectivity index (χ4v) is 3.96. The van der Waals surface area contributed by atoms with E-state index in [4.69, 9.17) is 16.3 Å². The fraction of sp³-hybridized carbons (Fsp3) is 0.250. The molecule has 146 valence electrons. The van der Waals surface area contributed by atoms with Crippen molar-refractivity contribution < 1.29 is 14.3 Å². The summed E-state index contributed by atoms with van der Waals surface area (Å²) in [5.41, 5.74) is 1.87. The Morgan fingerprint density at radius 3 is 2.64 bits per heavy atom. The van der Waals surface area contributed by atoms with Crippen molar-refractivity contribution in [3.05, 3.63) is 74.7 Å². The third-order valence-corrected chi connectivity index (χ3v) is 5.63. The maximum atomic E-state index is 12.9. The van der Waals surface area contributed by atoms with Gasteiger partial charge in [0.2, 0.25) is 0 Å². The maximum Gasteiger partial charge on any atom is 0.307 e. The Labute approximate surface area is 172 Å². The van der Waals surface area contributed by atoms with E-state index in [2.05, 4.69) is 10.4 Å². The number of rotatable bonds is 7. The van der Waals surface area contributed by atoms with Crippen LogP contribution in [0.2, 0.25) is 5.15 Å². The quantitative estimate of drug-likeness (QED) is 0.590. The number of aromatic nitrogens is 2. The number of amides is 1. The molecule has 1 unspecified atom stereocenters. The lowest BCUT2D eigenvalue weighted by Crippen LogP contribution is -2.30. The Morgan fingerprint density at radius 1 is 1.25 bits per heavy atom. The van der Waals surface area contributed by atoms with E-state index in [0.29, 0.717) is 17.8 Å². The molecule has 1 amide bonds. The number of nitrogens with zero attached hydrogens (tertiary/aromatic N) is 2. The van der Waals surface area contributed by atoms with Crippen LogP contribution in [0.3, 0.4) is 0 Å². The van der Waals surface area contributed by atoms with E-state index in [1.165, 1.54) is 18.4 Å². The number of halogens is 1. The van der Waals surface area contributed by atoms with Gasteiger partial charge in [-0.3, -0.25) is 9.59 Å². The molecule has 1 aromatic carbocycles. The standard InChI is InChI=1S/C20H20ClN3O3S/c1-13-18(19(21)24(23-13)12-14-7-4-3-5-8-14)20(26)22-15(11-17(25)27-2)16-9-6-10-28-16/h3-10,15H,11-12H2,1-2H3,(H,22,26). The topological polar surface area (TPSA) is 73.2 Å². The number of benzene rings is 1. The number of hydrogen-bond donors (Lipinski definition) is 1. The summed E-state index contributed by atoms with van der Waals surface area (Å²) < 4.78 is 6.35. The molecule has 28 heavy (non-hydrogen) atoms. The second-order valence-electron chi connectivity index (χ2n) is 6.22. The molecular weight excluding hydrogens is 398 g/mol. The van der Waals surface area contributed by atoms with E-state index >= 15 is 0 Å². The first-order chi connectivity index (χ1) is 13.5. The highest BCUT2D eigenvalue weighted by Gasteiger charge is 2.25. The lowest BCUT2D eigenvalue weighted by Gasteiger charge is -2.16. The van der Waals surface area contributed by atoms with Crippen LogP contribution >= 0.6 is 22.9 Å². The van der Waals surface area contributed by atoms with Crippen molar-refractivity contribution in [2.24, 2.45) is 0 Å². The van der Waals surface area contributed by atoms with Gasteiger partial charge in [-0.2, -0.15) is 5.10 Å². The zero-order valence-corrected chi connectivity index (χ0v) is 17.1. The summed E-state index contributed by atoms with van der Waals surface area (Å²) in [6, 6.07) is 13.0. The third-order valence-electron chi connectivity index (χ3n) is 4.26. The van der Waals surface area contributed by atoms with Crippen molar-refractivity contribution in [1.82, 2.24) is 15.1 Å². The molecule has 6 nitrogen and oxygen atoms in total. The number of carbonyl (C=O) groups is 2. The van der Waals surface area contributed by atoms with E-state index in [-0.39, 0.29) is 17.5 Å². The molecule has 0 saturated carbocycles. The summed E-state index contributed by atoms with van der Waals surface area (Å²) >= 11 is 7.93. The van der Waals surface area contributed by atoms with Gasteiger partial charge in [-0.25, -0.2) is 4.68 Å². The first-order valence-corrected chi connectivity index (χ1v) is 9.93. The SMILES string of the molecule is COC(=O)CC(NC(=O)c1c(C)nn(Cc2ccccc2)c1Cl)c1cccs1. The predicted molar refractivity (Wildman–Crippen MR) is 109 cm³/mol. The Bertz CT molecular complexity index is 955. The molecular formula is C20H20ClN3O3S. The van der Waals surface area contributed by atoms with Crippen LogP contribution < -0.4 is 5.32 Å². The minimum atomic E-state index is -0.493. The number of nitrogens with one attached hydrogen (secondary N) is 1. The molecule has 0 fully saturated rings. The van der Waals surface area contributed by atoms with Crippen LogP contribution in [0.15, 0.2) is 47.8 Å². The highest BCUT2D eigenvalue weighted by Crippen LogP contribution is 2.26. The molecule has 1 atom stereocenters. The van der Waals surface area contributed by atoms with Gasteiger partial charge in [0.15, 0.2) is 0 Å². The molecule has 3 rings (SSSR count). The largest absolute Gasteiger partial charge is 0.469 e. The van der Waals surface area contributed by atoms with Gasteiger partial charge in [0.1, 0.15) is 5.15 Å². The van der Waals surface area contributed by atoms with Gasteiger partial charge in [-0.05, 0) is 23.9 Å². The van der Waals surface area contributed by atoms with E-state index < -0.39 is 12.0 Å². The predicted octanol–water partition coefficient (Wildman–Crippen LogP) is 3.99. The summed E-state index contributed by atoms with van der Waals surface area (Å²) in [4.78, 5) is 25.6. The Kier molecular flexibility index (Phi) is 6.49. The monoisotopic (exact) mass is 417 g/mol. The Morgan fingerprint density at radius 2 is 2.00 bits per heavy atom. The average molecular weight is 418 g/mol. The van der Waals surface area contributed by atoms with Crippen molar-refractivity contribution in [2.45, 2.75) is 25.9 Å². The molecule has 0 saturated heterocycles. The summed E-state index contributed by atoms with van der Waals surface area (Å²) in [5, 5.41) is 9.46. The first kappa shape index (κ1) is 20.1. The van der Waals surface area contributed by atoms with Gasteiger partial charge in [-0.1, -0.05) is 48.0 Å². The van der Waals surface area contributed by atoms with E-state index in [1.807, 2.05) is 47.8 Å². The smallest absolute Gasteiger partial charge is 0.307 e. The molecule has 0 aliphatic carbocycles. The number of hydrogen-bond acceptors (Lipinski definition) is 5. The molecule has 2 aromatic heterocycles. The van der Waals surface area contributed by atoms with Gasteiger partial charge in [0.25, 0.3) is 5.91 Å². The second-order valence-corrected chi connectivity index (χ2v) is 7.55. The molecule has 0 bridgehead atoms. The average Bonchev–Trinajstić information content (AvgIpc) is 3.30. The number of esters is 1. The molecule has 0 radical (unpaired) electrons. The summed E-state index contributed by atoms with van der Waals surface area (Å²) in [7, 11) is 1.32. The lowest BCUT2D eigenvalue weighted by atomic mass is 10.1. The zero-order valence-electron chi connectivity index (χ0n) is 15.5. The third kappa shape index (κ3) is 4.61. The summed E-state index contributed by atoms with van der Waals surface area (Å²) in [5.74, 6) is -0.773. The van der Waals surface area contributed by atoms with E-state index in [0.717, 1.165) is 10.4 Å². The number of aryl methyl sites for hydroxylation is 1. The summed E-state index contributed by atoms with van der Waals surface area (Å²) in [6.07, 6.45) is 0.0393. The van der Waals surface area contributed by atoms with Crippen molar-refractivity contribution in [3.8, 4) is 0 Å². The van der Waals surface area contributed by atoms with Crippen molar-refractivity contribution in [2.75, 3.05) is 7.11 Å². The van der Waals surface area contributed by atoms with Crippen LogP contribution in [0.4, 0.5) is 0 Å². The normalized spacial score (nSPS) is 11.8. The number of carbonyl (C=O) groups excluding carboxylic acids is 2. The second kappa shape index (κ2) is 9.03. The fourth-order valence-electron chi connectivity index (χ4n) is 2.87. The van der Waals surface area contributed by atoms with Crippen LogP contribution in [-0.4, -0.2) is 28.8 Å². The van der Waals surface area contributed by atoms with Gasteiger partial charge in [0.05, 0.1) is 37.4 Å². The van der Waals surface area contributed by atoms with Gasteiger partial charge >= 0.3 is 5.97 Å². The van der Waals surface area contributed by atoms with Crippen LogP contribution in [0.5, 0.6) is 0 Å². The van der Waals surface area contributed by atoms with Crippen molar-refractivity contribution >= 4 is 34.8 Å². The van der Waals surface area contributed by atoms with Gasteiger partial charge < -0.3 is 10.1 Å². The highest BCUT2D eigenvalue weighted by atomic mass is 35.5. The molecule has 0 aliphatic heterocycles. The van der Waals surface area contributed by atoms with Crippen molar-refractivity contribution in [3.63, 3.8) is 0 Å². The van der Waals surface area contributed by atoms with Gasteiger partial charge in [-0.15, -0.1) is 11.3 Å². The molecule has 1 N–H and O–H groups in total. The van der Waals surface area contributed by atoms with E-state index in [1.54, 1.807) is 11.6 Å². The zero-order chi connectivity index (χ0) is 20.1. The highest BCUT2D eigenvalue weighted by molar-refractivity contribution is 7.10.